The lowest BCUT2D eigenvalue weighted by Crippen LogP contribution is -2.37. The predicted molar refractivity (Wildman–Crippen MR) is 162 cm³/mol. The van der Waals surface area contributed by atoms with E-state index < -0.39 is 12.3 Å². The number of hydrogen-bond acceptors (Lipinski definition) is 6. The van der Waals surface area contributed by atoms with Gasteiger partial charge < -0.3 is 25.0 Å². The molecule has 1 saturated heterocycles. The van der Waals surface area contributed by atoms with Gasteiger partial charge >= 0.3 is 5.97 Å². The van der Waals surface area contributed by atoms with Gasteiger partial charge in [0.05, 0.1) is 18.8 Å². The van der Waals surface area contributed by atoms with Crippen LogP contribution >= 0.6 is 0 Å². The molecule has 1 amide bonds. The van der Waals surface area contributed by atoms with Crippen LogP contribution in [0.25, 0.3) is 0 Å². The number of nitrogens with one attached hydrogen (secondary N) is 1. The van der Waals surface area contributed by atoms with E-state index in [-0.39, 0.29) is 31.1 Å². The number of carboxylic acids is 1. The van der Waals surface area contributed by atoms with Crippen molar-refractivity contribution in [2.24, 2.45) is 0 Å². The quantitative estimate of drug-likeness (QED) is 0.185. The first kappa shape index (κ1) is 31.4. The summed E-state index contributed by atoms with van der Waals surface area (Å²) in [6.45, 7) is 1.56. The van der Waals surface area contributed by atoms with Gasteiger partial charge in [-0.25, -0.2) is 0 Å². The van der Waals surface area contributed by atoms with Crippen molar-refractivity contribution in [3.8, 4) is 0 Å². The number of carbonyl (C=O) groups excluding carboxylic acids is 1. The van der Waals surface area contributed by atoms with E-state index in [9.17, 15) is 14.7 Å². The van der Waals surface area contributed by atoms with Crippen LogP contribution in [0, 0.1) is 0 Å². The maximum Gasteiger partial charge on any atom is 0.303 e. The largest absolute Gasteiger partial charge is 0.481 e. The molecule has 0 spiro atoms. The Morgan fingerprint density at radius 3 is 2.17 bits per heavy atom. The van der Waals surface area contributed by atoms with E-state index in [1.165, 1.54) is 5.56 Å². The molecule has 0 bridgehead atoms. The summed E-state index contributed by atoms with van der Waals surface area (Å²) in [5.41, 5.74) is 4.73. The fourth-order valence-electron chi connectivity index (χ4n) is 5.20. The Hall–Kier alpha value is -3.56. The predicted octanol–water partition coefficient (Wildman–Crippen LogP) is 6.22. The highest BCUT2D eigenvalue weighted by molar-refractivity contribution is 5.90. The molecule has 8 nitrogen and oxygen atoms in total. The van der Waals surface area contributed by atoms with E-state index in [0.29, 0.717) is 24.9 Å². The van der Waals surface area contributed by atoms with E-state index in [1.807, 2.05) is 66.7 Å². The van der Waals surface area contributed by atoms with E-state index in [2.05, 4.69) is 29.4 Å². The fraction of sp³-hybridized carbons (Fsp3) is 0.412. The summed E-state index contributed by atoms with van der Waals surface area (Å²) >= 11 is 0. The van der Waals surface area contributed by atoms with Gasteiger partial charge in [-0.2, -0.15) is 0 Å². The van der Waals surface area contributed by atoms with Crippen molar-refractivity contribution in [1.82, 2.24) is 4.90 Å². The molecule has 1 fully saturated rings. The Labute approximate surface area is 248 Å². The lowest BCUT2D eigenvalue weighted by Gasteiger charge is -2.38. The Balaban J connectivity index is 1.36. The van der Waals surface area contributed by atoms with Crippen LogP contribution in [-0.4, -0.2) is 46.7 Å². The zero-order chi connectivity index (χ0) is 29.7. The van der Waals surface area contributed by atoms with Crippen LogP contribution in [0.3, 0.4) is 0 Å². The molecule has 0 saturated carbocycles. The number of anilines is 1. The van der Waals surface area contributed by atoms with Gasteiger partial charge in [-0.05, 0) is 48.7 Å². The molecule has 42 heavy (non-hydrogen) atoms. The minimum atomic E-state index is -0.779. The van der Waals surface area contributed by atoms with Crippen LogP contribution in [-0.2, 0) is 32.2 Å². The van der Waals surface area contributed by atoms with Gasteiger partial charge in [0.15, 0.2) is 6.29 Å². The van der Waals surface area contributed by atoms with Gasteiger partial charge in [0.1, 0.15) is 0 Å². The molecule has 1 aliphatic rings. The van der Waals surface area contributed by atoms with E-state index in [1.54, 1.807) is 0 Å². The molecular formula is C34H42N2O6. The van der Waals surface area contributed by atoms with Crippen LogP contribution < -0.4 is 5.32 Å². The van der Waals surface area contributed by atoms with Crippen molar-refractivity contribution >= 4 is 17.6 Å². The minimum Gasteiger partial charge on any atom is -0.481 e. The number of likely N-dealkylation sites (N-methyl/N-ethyl adjacent to an activating group) is 1. The minimum absolute atomic E-state index is 0.000124. The highest BCUT2D eigenvalue weighted by atomic mass is 16.7. The monoisotopic (exact) mass is 574 g/mol. The van der Waals surface area contributed by atoms with E-state index in [4.69, 9.17) is 14.6 Å². The average molecular weight is 575 g/mol. The molecule has 0 aliphatic carbocycles. The molecule has 0 unspecified atom stereocenters. The van der Waals surface area contributed by atoms with Crippen molar-refractivity contribution in [2.75, 3.05) is 18.9 Å². The molecule has 0 aromatic heterocycles. The molecule has 1 heterocycles. The number of amides is 1. The van der Waals surface area contributed by atoms with Gasteiger partial charge in [0.25, 0.3) is 0 Å². The average Bonchev–Trinajstić information content (AvgIpc) is 2.99. The third-order valence-electron chi connectivity index (χ3n) is 7.44. The smallest absolute Gasteiger partial charge is 0.303 e. The van der Waals surface area contributed by atoms with Gasteiger partial charge in [-0.1, -0.05) is 79.6 Å². The number of aliphatic hydroxyl groups is 1. The zero-order valence-corrected chi connectivity index (χ0v) is 24.3. The Bertz CT molecular complexity index is 1250. The number of nitrogens with zero attached hydrogens (tertiary/aromatic N) is 1. The van der Waals surface area contributed by atoms with Gasteiger partial charge in [0.2, 0.25) is 5.91 Å². The molecule has 3 N–H and O–H groups in total. The van der Waals surface area contributed by atoms with Crippen LogP contribution in [0.4, 0.5) is 5.69 Å². The normalized spacial score (nSPS) is 18.6. The maximum atomic E-state index is 12.4. The zero-order valence-electron chi connectivity index (χ0n) is 24.3. The fourth-order valence-corrected chi connectivity index (χ4v) is 5.20. The third-order valence-corrected chi connectivity index (χ3v) is 7.44. The van der Waals surface area contributed by atoms with Gasteiger partial charge in [-0.3, -0.25) is 14.5 Å². The summed E-state index contributed by atoms with van der Waals surface area (Å²) < 4.78 is 12.9. The Morgan fingerprint density at radius 2 is 1.50 bits per heavy atom. The molecular weight excluding hydrogens is 532 g/mol. The van der Waals surface area contributed by atoms with Crippen molar-refractivity contribution < 1.29 is 29.3 Å². The van der Waals surface area contributed by atoms with Crippen molar-refractivity contribution in [2.45, 2.75) is 76.6 Å². The second-order valence-corrected chi connectivity index (χ2v) is 11.0. The second-order valence-electron chi connectivity index (χ2n) is 11.0. The summed E-state index contributed by atoms with van der Waals surface area (Å²) in [5, 5.41) is 21.1. The molecule has 1 aliphatic heterocycles. The number of rotatable bonds is 15. The Morgan fingerprint density at radius 1 is 0.833 bits per heavy atom. The number of ether oxygens (including phenoxy) is 2. The topological polar surface area (TPSA) is 108 Å². The van der Waals surface area contributed by atoms with Crippen molar-refractivity contribution in [3.63, 3.8) is 0 Å². The highest BCUT2D eigenvalue weighted by Crippen LogP contribution is 2.38. The Kier molecular flexibility index (Phi) is 12.1. The molecule has 8 heteroatoms. The number of aliphatic hydroxyl groups excluding tert-OH is 1. The van der Waals surface area contributed by atoms with Crippen molar-refractivity contribution in [1.29, 1.82) is 0 Å². The highest BCUT2D eigenvalue weighted by Gasteiger charge is 2.32. The number of carbonyl (C=O) groups is 2. The lowest BCUT2D eigenvalue weighted by molar-refractivity contribution is -0.252. The van der Waals surface area contributed by atoms with Crippen molar-refractivity contribution in [3.05, 3.63) is 101 Å². The SMILES string of the molecule is CN(Cc1ccccc1)C[C@@H]1C[C@H](c2ccc(CO)cc2)O[C@H](c2ccc(NC(=O)CCCCCCC(=O)O)cc2)O1. The number of unbranched alkanes of at least 4 members (excludes halogenated alkanes) is 3. The molecule has 3 aromatic rings. The van der Waals surface area contributed by atoms with Gasteiger partial charge in [0, 0.05) is 43.6 Å². The number of hydrogen-bond donors (Lipinski definition) is 3. The lowest BCUT2D eigenvalue weighted by atomic mass is 9.99. The van der Waals surface area contributed by atoms with Gasteiger partial charge in [-0.15, -0.1) is 0 Å². The maximum absolute atomic E-state index is 12.4. The first-order chi connectivity index (χ1) is 20.4. The standard InChI is InChI=1S/C34H42N2O6/c1-36(22-25-9-5-4-6-10-25)23-30-21-31(27-15-13-26(24-37)14-16-27)42-34(41-30)28-17-19-29(20-18-28)35-32(38)11-7-2-3-8-12-33(39)40/h4-6,9-10,13-20,30-31,34,37H,2-3,7-8,11-12,21-24H2,1H3,(H,35,38)(H,39,40)/t30-,31+,34+/m0/s1. The van der Waals surface area contributed by atoms with Crippen LogP contribution in [0.5, 0.6) is 0 Å². The number of benzene rings is 3. The summed E-state index contributed by atoms with van der Waals surface area (Å²) in [4.78, 5) is 25.3. The summed E-state index contributed by atoms with van der Waals surface area (Å²) in [5.74, 6) is -0.836. The van der Waals surface area contributed by atoms with Crippen LogP contribution in [0.15, 0.2) is 78.9 Å². The molecule has 4 rings (SSSR count). The summed E-state index contributed by atoms with van der Waals surface area (Å²) in [7, 11) is 2.10. The van der Waals surface area contributed by atoms with E-state index >= 15 is 0 Å². The second kappa shape index (κ2) is 16.2. The first-order valence-corrected chi connectivity index (χ1v) is 14.7. The van der Waals surface area contributed by atoms with Crippen LogP contribution in [0.2, 0.25) is 0 Å². The number of aliphatic carboxylic acids is 1. The summed E-state index contributed by atoms with van der Waals surface area (Å²) in [6.07, 6.45) is 3.51. The molecule has 0 radical (unpaired) electrons. The molecule has 3 aromatic carbocycles. The first-order valence-electron chi connectivity index (χ1n) is 14.7. The van der Waals surface area contributed by atoms with E-state index in [0.717, 1.165) is 49.0 Å². The molecule has 224 valence electrons. The number of carboxylic acid groups (broad SMARTS) is 1. The van der Waals surface area contributed by atoms with Crippen LogP contribution in [0.1, 0.15) is 79.6 Å². The third kappa shape index (κ3) is 10.1. The molecule has 3 atom stereocenters. The summed E-state index contributed by atoms with van der Waals surface area (Å²) in [6, 6.07) is 25.8.